The van der Waals surface area contributed by atoms with E-state index in [1.54, 1.807) is 25.1 Å². The van der Waals surface area contributed by atoms with Crippen molar-refractivity contribution in [1.82, 2.24) is 5.09 Å². The van der Waals surface area contributed by atoms with Crippen LogP contribution < -0.4 is 15.7 Å². The van der Waals surface area contributed by atoms with Gasteiger partial charge in [0.1, 0.15) is 6.61 Å². The van der Waals surface area contributed by atoms with Gasteiger partial charge in [0.25, 0.3) is 0 Å². The fourth-order valence-corrected chi connectivity index (χ4v) is 6.50. The van der Waals surface area contributed by atoms with E-state index in [4.69, 9.17) is 16.3 Å². The molecule has 4 aromatic rings. The molecule has 1 unspecified atom stereocenters. The standard InChI is InChI=1S/C30H27ClNO3P/c1-2-28(30(33)35-22-23-12-6-3-7-13-23)29(24-18-20-25(31)21-19-24)32-36(34,26-14-8-4-9-15-26)27-16-10-5-11-17-27/h2-21,29H,22H2,1H3,(H,32,34)/b28-2+. The fourth-order valence-electron chi connectivity index (χ4n) is 3.94. The second-order valence-corrected chi connectivity index (χ2v) is 11.1. The molecule has 0 heterocycles. The van der Waals surface area contributed by atoms with Gasteiger partial charge in [0.2, 0.25) is 7.29 Å². The molecule has 4 rings (SSSR count). The molecule has 0 aliphatic carbocycles. The van der Waals surface area contributed by atoms with E-state index < -0.39 is 19.3 Å². The van der Waals surface area contributed by atoms with Crippen LogP contribution in [-0.4, -0.2) is 5.97 Å². The van der Waals surface area contributed by atoms with E-state index in [2.05, 4.69) is 5.09 Å². The Balaban J connectivity index is 1.74. The highest BCUT2D eigenvalue weighted by Gasteiger charge is 2.34. The van der Waals surface area contributed by atoms with Gasteiger partial charge in [-0.1, -0.05) is 96.5 Å². The lowest BCUT2D eigenvalue weighted by Gasteiger charge is -2.28. The Morgan fingerprint density at radius 3 is 1.83 bits per heavy atom. The molecule has 0 saturated heterocycles. The van der Waals surface area contributed by atoms with Gasteiger partial charge in [-0.25, -0.2) is 9.88 Å². The summed E-state index contributed by atoms with van der Waals surface area (Å²) in [5, 5.41) is 5.23. The number of rotatable bonds is 9. The Morgan fingerprint density at radius 1 is 0.833 bits per heavy atom. The van der Waals surface area contributed by atoms with Gasteiger partial charge in [0, 0.05) is 15.6 Å². The number of allylic oxidation sites excluding steroid dienone is 1. The molecular formula is C30H27ClNO3P. The first-order valence-corrected chi connectivity index (χ1v) is 13.7. The zero-order valence-electron chi connectivity index (χ0n) is 19.9. The molecule has 6 heteroatoms. The van der Waals surface area contributed by atoms with Crippen molar-refractivity contribution in [2.75, 3.05) is 0 Å². The maximum Gasteiger partial charge on any atom is 0.335 e. The highest BCUT2D eigenvalue weighted by molar-refractivity contribution is 7.76. The number of benzene rings is 4. The Morgan fingerprint density at radius 2 is 1.33 bits per heavy atom. The minimum Gasteiger partial charge on any atom is -0.457 e. The minimum atomic E-state index is -3.37. The summed E-state index contributed by atoms with van der Waals surface area (Å²) in [7, 11) is -3.37. The third kappa shape index (κ3) is 6.03. The van der Waals surface area contributed by atoms with E-state index in [-0.39, 0.29) is 6.61 Å². The van der Waals surface area contributed by atoms with Crippen molar-refractivity contribution < 1.29 is 14.1 Å². The Hall–Kier alpha value is -3.43. The van der Waals surface area contributed by atoms with Crippen LogP contribution in [0.4, 0.5) is 0 Å². The van der Waals surface area contributed by atoms with Crippen LogP contribution in [0, 0.1) is 0 Å². The number of carbonyl (C=O) groups is 1. The van der Waals surface area contributed by atoms with Crippen LogP contribution in [-0.2, 0) is 20.7 Å². The third-order valence-electron chi connectivity index (χ3n) is 5.82. The van der Waals surface area contributed by atoms with Crippen molar-refractivity contribution in [3.05, 3.63) is 143 Å². The van der Waals surface area contributed by atoms with E-state index in [0.717, 1.165) is 11.1 Å². The van der Waals surface area contributed by atoms with E-state index in [1.165, 1.54) is 0 Å². The van der Waals surface area contributed by atoms with E-state index in [1.807, 2.05) is 103 Å². The number of ether oxygens (including phenoxy) is 1. The predicted molar refractivity (Wildman–Crippen MR) is 147 cm³/mol. The molecule has 0 aromatic heterocycles. The lowest BCUT2D eigenvalue weighted by molar-refractivity contribution is -0.140. The van der Waals surface area contributed by atoms with Crippen LogP contribution in [0.25, 0.3) is 0 Å². The SMILES string of the molecule is C/C=C(/C(=O)OCc1ccccc1)C(NP(=O)(c1ccccc1)c1ccccc1)c1ccc(Cl)cc1. The summed E-state index contributed by atoms with van der Waals surface area (Å²) >= 11 is 6.15. The number of esters is 1. The lowest BCUT2D eigenvalue weighted by atomic mass is 9.99. The number of halogens is 1. The molecule has 0 aliphatic heterocycles. The number of carbonyl (C=O) groups excluding carboxylic acids is 1. The lowest BCUT2D eigenvalue weighted by Crippen LogP contribution is -2.33. The molecule has 0 fully saturated rings. The molecule has 0 aliphatic rings. The normalized spacial score (nSPS) is 12.7. The van der Waals surface area contributed by atoms with Crippen LogP contribution in [0.1, 0.15) is 24.1 Å². The summed E-state index contributed by atoms with van der Waals surface area (Å²) in [5.74, 6) is -0.485. The molecule has 0 bridgehead atoms. The Labute approximate surface area is 217 Å². The highest BCUT2D eigenvalue weighted by Crippen LogP contribution is 2.43. The van der Waals surface area contributed by atoms with Gasteiger partial charge in [-0.15, -0.1) is 0 Å². The first-order valence-electron chi connectivity index (χ1n) is 11.6. The zero-order valence-corrected chi connectivity index (χ0v) is 21.5. The van der Waals surface area contributed by atoms with Crippen molar-refractivity contribution in [3.8, 4) is 0 Å². The predicted octanol–water partition coefficient (Wildman–Crippen LogP) is 6.59. The summed E-state index contributed by atoms with van der Waals surface area (Å²) in [6, 6.07) is 34.5. The Bertz CT molecular complexity index is 1310. The molecule has 0 radical (unpaired) electrons. The third-order valence-corrected chi connectivity index (χ3v) is 8.75. The topological polar surface area (TPSA) is 55.4 Å². The Kier molecular flexibility index (Phi) is 8.56. The molecule has 182 valence electrons. The summed E-state index contributed by atoms with van der Waals surface area (Å²) in [4.78, 5) is 13.3. The molecular weight excluding hydrogens is 489 g/mol. The average molecular weight is 516 g/mol. The van der Waals surface area contributed by atoms with Crippen LogP contribution >= 0.6 is 18.9 Å². The number of nitrogens with one attached hydrogen (secondary N) is 1. The molecule has 0 spiro atoms. The molecule has 0 saturated carbocycles. The van der Waals surface area contributed by atoms with Crippen LogP contribution in [0.3, 0.4) is 0 Å². The van der Waals surface area contributed by atoms with E-state index in [0.29, 0.717) is 21.2 Å². The molecule has 1 atom stereocenters. The van der Waals surface area contributed by atoms with Crippen LogP contribution in [0.2, 0.25) is 5.02 Å². The van der Waals surface area contributed by atoms with Crippen molar-refractivity contribution in [1.29, 1.82) is 0 Å². The minimum absolute atomic E-state index is 0.138. The van der Waals surface area contributed by atoms with Crippen LogP contribution in [0.5, 0.6) is 0 Å². The maximum absolute atomic E-state index is 14.8. The second-order valence-electron chi connectivity index (χ2n) is 8.20. The zero-order chi connectivity index (χ0) is 25.4. The largest absolute Gasteiger partial charge is 0.457 e. The maximum atomic E-state index is 14.8. The van der Waals surface area contributed by atoms with Gasteiger partial charge in [0.05, 0.1) is 11.6 Å². The molecule has 4 aromatic carbocycles. The summed E-state index contributed by atoms with van der Waals surface area (Å²) in [6.45, 7) is 1.92. The first kappa shape index (κ1) is 25.7. The molecule has 4 nitrogen and oxygen atoms in total. The summed E-state index contributed by atoms with van der Waals surface area (Å²) in [6.07, 6.45) is 1.71. The monoisotopic (exact) mass is 515 g/mol. The summed E-state index contributed by atoms with van der Waals surface area (Å²) < 4.78 is 20.4. The smallest absolute Gasteiger partial charge is 0.335 e. The number of hydrogen-bond acceptors (Lipinski definition) is 3. The average Bonchev–Trinajstić information content (AvgIpc) is 2.93. The quantitative estimate of drug-likeness (QED) is 0.155. The molecule has 0 amide bonds. The second kappa shape index (κ2) is 12.0. The van der Waals surface area contributed by atoms with Gasteiger partial charge in [-0.05, 0) is 54.4 Å². The van der Waals surface area contributed by atoms with Gasteiger partial charge >= 0.3 is 5.97 Å². The van der Waals surface area contributed by atoms with Crippen molar-refractivity contribution in [2.24, 2.45) is 0 Å². The van der Waals surface area contributed by atoms with Gasteiger partial charge < -0.3 is 4.74 Å². The van der Waals surface area contributed by atoms with Crippen molar-refractivity contribution in [3.63, 3.8) is 0 Å². The fraction of sp³-hybridized carbons (Fsp3) is 0.100. The van der Waals surface area contributed by atoms with Gasteiger partial charge in [0.15, 0.2) is 0 Å². The van der Waals surface area contributed by atoms with Crippen molar-refractivity contribution in [2.45, 2.75) is 19.6 Å². The van der Waals surface area contributed by atoms with Gasteiger partial charge in [-0.3, -0.25) is 4.57 Å². The van der Waals surface area contributed by atoms with Gasteiger partial charge in [-0.2, -0.15) is 0 Å². The van der Waals surface area contributed by atoms with Crippen molar-refractivity contribution >= 4 is 35.5 Å². The number of hydrogen-bond donors (Lipinski definition) is 1. The van der Waals surface area contributed by atoms with E-state index >= 15 is 0 Å². The summed E-state index contributed by atoms with van der Waals surface area (Å²) in [5.41, 5.74) is 1.99. The molecule has 1 N–H and O–H groups in total. The van der Waals surface area contributed by atoms with E-state index in [9.17, 15) is 9.36 Å². The van der Waals surface area contributed by atoms with Crippen LogP contribution in [0.15, 0.2) is 127 Å². The molecule has 36 heavy (non-hydrogen) atoms. The highest BCUT2D eigenvalue weighted by atomic mass is 35.5. The first-order chi connectivity index (χ1) is 17.5.